The summed E-state index contributed by atoms with van der Waals surface area (Å²) in [7, 11) is -4.09. The summed E-state index contributed by atoms with van der Waals surface area (Å²) in [6.07, 6.45) is 2.24. The van der Waals surface area contributed by atoms with Crippen LogP contribution in [-0.4, -0.2) is 25.3 Å². The third-order valence-corrected chi connectivity index (χ3v) is 6.75. The predicted molar refractivity (Wildman–Crippen MR) is 129 cm³/mol. The van der Waals surface area contributed by atoms with E-state index in [-0.39, 0.29) is 33.9 Å². The van der Waals surface area contributed by atoms with Gasteiger partial charge in [-0.1, -0.05) is 46.8 Å². The molecule has 0 aliphatic heterocycles. The predicted octanol–water partition coefficient (Wildman–Crippen LogP) is 6.18. The molecule has 2 aromatic carbocycles. The van der Waals surface area contributed by atoms with E-state index >= 15 is 0 Å². The molecule has 7 heteroatoms. The molecular weight excluding hydrogens is 441 g/mol. The van der Waals surface area contributed by atoms with Crippen molar-refractivity contribution < 1.29 is 21.8 Å². The highest BCUT2D eigenvalue weighted by atomic mass is 32.2. The highest BCUT2D eigenvalue weighted by Gasteiger charge is 2.24. The zero-order valence-electron chi connectivity index (χ0n) is 20.5. The van der Waals surface area contributed by atoms with Crippen LogP contribution in [0.1, 0.15) is 66.4 Å². The molecule has 0 saturated heterocycles. The molecule has 0 radical (unpaired) electrons. The van der Waals surface area contributed by atoms with Crippen LogP contribution in [0.25, 0.3) is 0 Å². The summed E-state index contributed by atoms with van der Waals surface area (Å²) in [6.45, 7) is 13.0. The Bertz CT molecular complexity index is 1030. The van der Waals surface area contributed by atoms with Crippen molar-refractivity contribution in [3.05, 3.63) is 59.9 Å². The van der Waals surface area contributed by atoms with Crippen LogP contribution in [0, 0.1) is 17.2 Å². The van der Waals surface area contributed by atoms with Crippen molar-refractivity contribution in [1.82, 2.24) is 4.90 Å². The molecule has 2 rings (SSSR count). The van der Waals surface area contributed by atoms with Crippen molar-refractivity contribution in [2.75, 3.05) is 0 Å². The lowest BCUT2D eigenvalue weighted by Gasteiger charge is -2.31. The van der Waals surface area contributed by atoms with E-state index in [9.17, 15) is 17.6 Å². The lowest BCUT2D eigenvalue weighted by atomic mass is 9.84. The van der Waals surface area contributed by atoms with Crippen molar-refractivity contribution in [3.8, 4) is 5.75 Å². The first kappa shape index (κ1) is 26.8. The molecule has 0 heterocycles. The van der Waals surface area contributed by atoms with E-state index in [4.69, 9.17) is 4.18 Å². The molecule has 0 spiro atoms. The Balaban J connectivity index is 2.17. The van der Waals surface area contributed by atoms with Gasteiger partial charge in [0.1, 0.15) is 16.5 Å². The lowest BCUT2D eigenvalue weighted by molar-refractivity contribution is -0.135. The van der Waals surface area contributed by atoms with Gasteiger partial charge in [-0.25, -0.2) is 4.39 Å². The average Bonchev–Trinajstić information content (AvgIpc) is 2.70. The minimum Gasteiger partial charge on any atom is -0.379 e. The van der Waals surface area contributed by atoms with Crippen LogP contribution in [0.3, 0.4) is 0 Å². The maximum absolute atomic E-state index is 13.1. The van der Waals surface area contributed by atoms with Crippen LogP contribution in [0.15, 0.2) is 53.4 Å². The van der Waals surface area contributed by atoms with Gasteiger partial charge in [-0.2, -0.15) is 8.42 Å². The van der Waals surface area contributed by atoms with Crippen molar-refractivity contribution in [2.24, 2.45) is 11.3 Å². The summed E-state index contributed by atoms with van der Waals surface area (Å²) >= 11 is 0. The Labute approximate surface area is 198 Å². The number of carbonyl (C=O) groups is 1. The number of hydrogen-bond donors (Lipinski definition) is 0. The van der Waals surface area contributed by atoms with Gasteiger partial charge in [-0.05, 0) is 73.1 Å². The summed E-state index contributed by atoms with van der Waals surface area (Å²) in [4.78, 5) is 14.9. The molecule has 0 aliphatic carbocycles. The van der Waals surface area contributed by atoms with Crippen molar-refractivity contribution in [2.45, 2.75) is 78.3 Å². The summed E-state index contributed by atoms with van der Waals surface area (Å²) < 4.78 is 43.5. The lowest BCUT2D eigenvalue weighted by Crippen LogP contribution is -2.38. The number of halogens is 1. The molecule has 0 fully saturated rings. The average molecular weight is 478 g/mol. The first-order valence-electron chi connectivity index (χ1n) is 11.4. The van der Waals surface area contributed by atoms with Gasteiger partial charge in [0.25, 0.3) is 0 Å². The fourth-order valence-corrected chi connectivity index (χ4v) is 4.83. The molecule has 33 heavy (non-hydrogen) atoms. The van der Waals surface area contributed by atoms with Gasteiger partial charge in [0.2, 0.25) is 5.91 Å². The minimum atomic E-state index is -4.09. The fourth-order valence-electron chi connectivity index (χ4n) is 3.91. The molecular formula is C26H36FNO4S. The monoisotopic (exact) mass is 477 g/mol. The minimum absolute atomic E-state index is 0.0480. The maximum Gasteiger partial charge on any atom is 0.339 e. The Kier molecular flexibility index (Phi) is 9.06. The zero-order chi connectivity index (χ0) is 24.8. The summed E-state index contributed by atoms with van der Waals surface area (Å²) in [6, 6.07) is 11.2. The molecule has 182 valence electrons. The molecule has 0 aliphatic rings. The largest absolute Gasteiger partial charge is 0.379 e. The molecule has 5 nitrogen and oxygen atoms in total. The van der Waals surface area contributed by atoms with Crippen LogP contribution in [0.5, 0.6) is 5.75 Å². The van der Waals surface area contributed by atoms with Crippen LogP contribution in [0.2, 0.25) is 0 Å². The number of benzene rings is 2. The van der Waals surface area contributed by atoms with E-state index < -0.39 is 15.9 Å². The number of carbonyl (C=O) groups excluding carboxylic acids is 1. The molecule has 0 aromatic heterocycles. The summed E-state index contributed by atoms with van der Waals surface area (Å²) in [5.41, 5.74) is 0.932. The normalized spacial score (nSPS) is 13.9. The first-order valence-corrected chi connectivity index (χ1v) is 12.8. The van der Waals surface area contributed by atoms with Crippen molar-refractivity contribution in [3.63, 3.8) is 0 Å². The molecule has 2 atom stereocenters. The second-order valence-electron chi connectivity index (χ2n) is 9.99. The second-order valence-corrected chi connectivity index (χ2v) is 11.5. The zero-order valence-corrected chi connectivity index (χ0v) is 21.3. The van der Waals surface area contributed by atoms with E-state index in [0.717, 1.165) is 42.7 Å². The highest BCUT2D eigenvalue weighted by molar-refractivity contribution is 7.87. The summed E-state index contributed by atoms with van der Waals surface area (Å²) in [5.74, 6) is -0.0250. The number of hydrogen-bond acceptors (Lipinski definition) is 4. The third-order valence-electron chi connectivity index (χ3n) is 5.49. The Hall–Kier alpha value is -2.41. The van der Waals surface area contributed by atoms with Crippen LogP contribution in [-0.2, 0) is 21.5 Å². The number of nitrogens with zero attached hydrogens (tertiary/aromatic N) is 1. The standard InChI is InChI=1S/C26H36FNO4S/c1-7-20(3)28(25(29)15-19(2)17-26(4,5)6)18-21-9-8-10-23(16-21)32-33(30,31)24-13-11-22(27)12-14-24/h8-14,16,19-20H,7,15,17-18H2,1-6H3. The van der Waals surface area contributed by atoms with E-state index in [1.165, 1.54) is 0 Å². The first-order chi connectivity index (χ1) is 15.3. The maximum atomic E-state index is 13.1. The molecule has 0 bridgehead atoms. The topological polar surface area (TPSA) is 63.7 Å². The Morgan fingerprint density at radius 3 is 2.30 bits per heavy atom. The van der Waals surface area contributed by atoms with Crippen LogP contribution in [0.4, 0.5) is 4.39 Å². The van der Waals surface area contributed by atoms with Crippen LogP contribution < -0.4 is 4.18 Å². The van der Waals surface area contributed by atoms with E-state index in [1.54, 1.807) is 18.2 Å². The van der Waals surface area contributed by atoms with Gasteiger partial charge in [-0.3, -0.25) is 4.79 Å². The Morgan fingerprint density at radius 1 is 1.09 bits per heavy atom. The SMILES string of the molecule is CCC(C)N(Cc1cccc(OS(=O)(=O)c2ccc(F)cc2)c1)C(=O)CC(C)CC(C)(C)C. The van der Waals surface area contributed by atoms with Gasteiger partial charge < -0.3 is 9.08 Å². The smallest absolute Gasteiger partial charge is 0.339 e. The molecule has 2 aromatic rings. The summed E-state index contributed by atoms with van der Waals surface area (Å²) in [5, 5.41) is 0. The van der Waals surface area contributed by atoms with Crippen molar-refractivity contribution >= 4 is 16.0 Å². The van der Waals surface area contributed by atoms with E-state index in [0.29, 0.717) is 13.0 Å². The molecule has 0 N–H and O–H groups in total. The molecule has 2 unspecified atom stereocenters. The van der Waals surface area contributed by atoms with E-state index in [2.05, 4.69) is 27.7 Å². The van der Waals surface area contributed by atoms with Gasteiger partial charge >= 0.3 is 10.1 Å². The second kappa shape index (κ2) is 11.1. The van der Waals surface area contributed by atoms with Gasteiger partial charge in [0, 0.05) is 19.0 Å². The third kappa shape index (κ3) is 8.46. The molecule has 1 amide bonds. The van der Waals surface area contributed by atoms with Gasteiger partial charge in [-0.15, -0.1) is 0 Å². The van der Waals surface area contributed by atoms with Gasteiger partial charge in [0.05, 0.1) is 0 Å². The van der Waals surface area contributed by atoms with E-state index in [1.807, 2.05) is 24.8 Å². The number of rotatable bonds is 10. The highest BCUT2D eigenvalue weighted by Crippen LogP contribution is 2.27. The fraction of sp³-hybridized carbons (Fsp3) is 0.500. The van der Waals surface area contributed by atoms with Gasteiger partial charge in [0.15, 0.2) is 0 Å². The van der Waals surface area contributed by atoms with Crippen LogP contribution >= 0.6 is 0 Å². The van der Waals surface area contributed by atoms with Crippen molar-refractivity contribution in [1.29, 1.82) is 0 Å². The number of amides is 1. The molecule has 0 saturated carbocycles. The quantitative estimate of drug-likeness (QED) is 0.383. The Morgan fingerprint density at radius 2 is 1.73 bits per heavy atom.